The average Bonchev–Trinajstić information content (AvgIpc) is 2.73. The second-order valence-electron chi connectivity index (χ2n) is 6.66. The quantitative estimate of drug-likeness (QED) is 0.319. The Balaban J connectivity index is 1.96. The summed E-state index contributed by atoms with van der Waals surface area (Å²) < 4.78 is 46.6. The van der Waals surface area contributed by atoms with Crippen molar-refractivity contribution in [2.75, 3.05) is 6.61 Å². The van der Waals surface area contributed by atoms with Crippen LogP contribution in [-0.2, 0) is 9.53 Å². The number of benzene rings is 2. The molecular weight excluding hydrogens is 495 g/mol. The molecule has 3 aromatic rings. The fraction of sp³-hybridized carbons (Fsp3) is 0.227. The van der Waals surface area contributed by atoms with Gasteiger partial charge < -0.3 is 14.6 Å². The molecule has 0 aliphatic carbocycles. The number of ketones is 1. The van der Waals surface area contributed by atoms with Crippen molar-refractivity contribution in [2.24, 2.45) is 0 Å². The lowest BCUT2D eigenvalue weighted by Crippen LogP contribution is -2.17. The summed E-state index contributed by atoms with van der Waals surface area (Å²) in [7, 11) is 0. The van der Waals surface area contributed by atoms with E-state index in [2.05, 4.69) is 25.7 Å². The first-order valence-corrected chi connectivity index (χ1v) is 10.3. The first-order chi connectivity index (χ1) is 15.1. The van der Waals surface area contributed by atoms with Gasteiger partial charge in [-0.1, -0.05) is 24.3 Å². The van der Waals surface area contributed by atoms with E-state index in [-0.39, 0.29) is 41.1 Å². The number of aromatic nitrogens is 1. The molecule has 0 unspecified atom stereocenters. The molecule has 2 aromatic carbocycles. The minimum atomic E-state index is -4.81. The molecule has 32 heavy (non-hydrogen) atoms. The summed E-state index contributed by atoms with van der Waals surface area (Å²) in [6.45, 7) is 1.84. The molecule has 0 saturated heterocycles. The number of alkyl halides is 3. The van der Waals surface area contributed by atoms with Crippen LogP contribution >= 0.6 is 15.9 Å². The van der Waals surface area contributed by atoms with Crippen LogP contribution in [0.1, 0.15) is 30.3 Å². The van der Waals surface area contributed by atoms with Gasteiger partial charge in [-0.15, -0.1) is 13.2 Å². The van der Waals surface area contributed by atoms with Crippen LogP contribution < -0.4 is 4.74 Å². The number of rotatable bonds is 7. The van der Waals surface area contributed by atoms with Crippen molar-refractivity contribution in [2.45, 2.75) is 26.1 Å². The third-order valence-corrected chi connectivity index (χ3v) is 5.23. The van der Waals surface area contributed by atoms with Crippen LogP contribution in [0.5, 0.6) is 11.5 Å². The highest BCUT2D eigenvalue weighted by molar-refractivity contribution is 9.10. The largest absolute Gasteiger partial charge is 0.573 e. The van der Waals surface area contributed by atoms with Crippen LogP contribution in [-0.4, -0.2) is 34.8 Å². The van der Waals surface area contributed by atoms with Gasteiger partial charge >= 0.3 is 12.3 Å². The summed E-state index contributed by atoms with van der Waals surface area (Å²) in [5.74, 6) is -1.82. The number of fused-ring (bicyclic) bond motifs is 1. The number of hydrogen-bond acceptors (Lipinski definition) is 6. The molecule has 1 N–H and O–H groups in total. The lowest BCUT2D eigenvalue weighted by Gasteiger charge is -2.12. The van der Waals surface area contributed by atoms with E-state index >= 15 is 0 Å². The maximum Gasteiger partial charge on any atom is 0.573 e. The van der Waals surface area contributed by atoms with Crippen LogP contribution in [0, 0.1) is 0 Å². The van der Waals surface area contributed by atoms with Crippen LogP contribution in [0.2, 0.25) is 0 Å². The molecule has 1 aromatic heterocycles. The number of nitrogens with zero attached hydrogens (tertiary/aromatic N) is 1. The molecule has 168 valence electrons. The molecular formula is C22H17BrF3NO5. The van der Waals surface area contributed by atoms with Gasteiger partial charge in [-0.25, -0.2) is 4.98 Å². The van der Waals surface area contributed by atoms with E-state index in [9.17, 15) is 27.9 Å². The molecule has 0 amide bonds. The highest BCUT2D eigenvalue weighted by atomic mass is 79.9. The normalized spacial score (nSPS) is 11.4. The van der Waals surface area contributed by atoms with Crippen molar-refractivity contribution in [1.82, 2.24) is 4.98 Å². The number of aromatic hydroxyl groups is 1. The third kappa shape index (κ3) is 5.56. The van der Waals surface area contributed by atoms with Crippen LogP contribution in [0.25, 0.3) is 22.0 Å². The van der Waals surface area contributed by atoms with E-state index < -0.39 is 18.1 Å². The number of pyridine rings is 1. The predicted molar refractivity (Wildman–Crippen MR) is 113 cm³/mol. The average molecular weight is 512 g/mol. The minimum Gasteiger partial charge on any atom is -0.504 e. The molecule has 3 rings (SSSR count). The zero-order chi connectivity index (χ0) is 23.5. The number of halogens is 4. The monoisotopic (exact) mass is 511 g/mol. The van der Waals surface area contributed by atoms with E-state index in [0.717, 1.165) is 0 Å². The molecule has 0 aliphatic rings. The van der Waals surface area contributed by atoms with Crippen molar-refractivity contribution in [3.8, 4) is 22.6 Å². The Morgan fingerprint density at radius 3 is 2.50 bits per heavy atom. The first kappa shape index (κ1) is 23.5. The minimum absolute atomic E-state index is 0.157. The Morgan fingerprint density at radius 2 is 1.81 bits per heavy atom. The molecule has 0 atom stereocenters. The summed E-state index contributed by atoms with van der Waals surface area (Å²) in [5.41, 5.74) is 1.07. The Kier molecular flexibility index (Phi) is 7.02. The Morgan fingerprint density at radius 1 is 1.09 bits per heavy atom. The second kappa shape index (κ2) is 9.56. The Hall–Kier alpha value is -3.14. The summed E-state index contributed by atoms with van der Waals surface area (Å²) in [6.07, 6.45) is -5.17. The van der Waals surface area contributed by atoms with Gasteiger partial charge in [0.25, 0.3) is 0 Å². The maximum atomic E-state index is 12.5. The molecule has 0 bridgehead atoms. The van der Waals surface area contributed by atoms with Crippen LogP contribution in [0.4, 0.5) is 13.2 Å². The topological polar surface area (TPSA) is 85.7 Å². The lowest BCUT2D eigenvalue weighted by atomic mass is 10.0. The van der Waals surface area contributed by atoms with Gasteiger partial charge in [0.1, 0.15) is 11.4 Å². The summed E-state index contributed by atoms with van der Waals surface area (Å²) >= 11 is 3.25. The highest BCUT2D eigenvalue weighted by Crippen LogP contribution is 2.37. The lowest BCUT2D eigenvalue weighted by molar-refractivity contribution is -0.274. The molecule has 0 saturated carbocycles. The third-order valence-electron chi connectivity index (χ3n) is 4.43. The van der Waals surface area contributed by atoms with Crippen molar-refractivity contribution in [3.05, 3.63) is 52.6 Å². The molecule has 0 aliphatic heterocycles. The molecule has 0 fully saturated rings. The fourth-order valence-corrected chi connectivity index (χ4v) is 3.55. The number of hydrogen-bond donors (Lipinski definition) is 1. The van der Waals surface area contributed by atoms with E-state index in [1.54, 1.807) is 31.2 Å². The zero-order valence-electron chi connectivity index (χ0n) is 16.7. The molecule has 0 radical (unpaired) electrons. The van der Waals surface area contributed by atoms with E-state index in [1.807, 2.05) is 0 Å². The van der Waals surface area contributed by atoms with Crippen LogP contribution in [0.15, 0.2) is 46.9 Å². The standard InChI is InChI=1S/C22H17BrF3NO5/c1-2-31-18(29)9-8-17(28)20-21(30)19(23)15-7-6-13(11-16(15)27-20)12-4-3-5-14(10-12)32-22(24,25)26/h3-7,10-11,30H,2,8-9H2,1H3. The van der Waals surface area contributed by atoms with Gasteiger partial charge in [-0.3, -0.25) is 9.59 Å². The van der Waals surface area contributed by atoms with Crippen molar-refractivity contribution < 1.29 is 37.3 Å². The van der Waals surface area contributed by atoms with E-state index in [1.165, 1.54) is 18.2 Å². The van der Waals surface area contributed by atoms with Gasteiger partial charge in [0.2, 0.25) is 0 Å². The van der Waals surface area contributed by atoms with E-state index in [4.69, 9.17) is 4.74 Å². The number of Topliss-reactive ketones (excluding diaryl/α,β-unsaturated/α-hetero) is 1. The number of carbonyl (C=O) groups excluding carboxylic acids is 2. The molecule has 0 spiro atoms. The smallest absolute Gasteiger partial charge is 0.504 e. The Labute approximate surface area is 189 Å². The fourth-order valence-electron chi connectivity index (χ4n) is 3.03. The number of esters is 1. The molecule has 1 heterocycles. The van der Waals surface area contributed by atoms with Crippen molar-refractivity contribution >= 4 is 38.6 Å². The van der Waals surface area contributed by atoms with Gasteiger partial charge in [-0.2, -0.15) is 0 Å². The first-order valence-electron chi connectivity index (χ1n) is 9.46. The summed E-state index contributed by atoms with van der Waals surface area (Å²) in [5, 5.41) is 10.9. The zero-order valence-corrected chi connectivity index (χ0v) is 18.3. The van der Waals surface area contributed by atoms with Crippen molar-refractivity contribution in [3.63, 3.8) is 0 Å². The van der Waals surface area contributed by atoms with Crippen molar-refractivity contribution in [1.29, 1.82) is 0 Å². The predicted octanol–water partition coefficient (Wildman–Crippen LogP) is 5.79. The number of carbonyl (C=O) groups is 2. The van der Waals surface area contributed by atoms with Gasteiger partial charge in [0.05, 0.1) is 23.0 Å². The van der Waals surface area contributed by atoms with E-state index in [0.29, 0.717) is 22.0 Å². The van der Waals surface area contributed by atoms with Crippen LogP contribution in [0.3, 0.4) is 0 Å². The second-order valence-corrected chi connectivity index (χ2v) is 7.45. The summed E-state index contributed by atoms with van der Waals surface area (Å²) in [4.78, 5) is 28.3. The van der Waals surface area contributed by atoms with Gasteiger partial charge in [-0.05, 0) is 52.2 Å². The number of ether oxygens (including phenoxy) is 2. The summed E-state index contributed by atoms with van der Waals surface area (Å²) in [6, 6.07) is 10.3. The SMILES string of the molecule is CCOC(=O)CCC(=O)c1nc2cc(-c3cccc(OC(F)(F)F)c3)ccc2c(Br)c1O. The molecule has 6 nitrogen and oxygen atoms in total. The highest BCUT2D eigenvalue weighted by Gasteiger charge is 2.31. The van der Waals surface area contributed by atoms with Gasteiger partial charge in [0.15, 0.2) is 11.5 Å². The van der Waals surface area contributed by atoms with Gasteiger partial charge in [0, 0.05) is 11.8 Å². The Bertz CT molecular complexity index is 1180. The molecule has 10 heteroatoms. The maximum absolute atomic E-state index is 12.5.